The molecule has 0 aromatic rings. The van der Waals surface area contributed by atoms with E-state index in [4.69, 9.17) is 0 Å². The lowest BCUT2D eigenvalue weighted by Crippen LogP contribution is -2.25. The van der Waals surface area contributed by atoms with Crippen molar-refractivity contribution in [2.75, 3.05) is 0 Å². The molecule has 0 spiro atoms. The van der Waals surface area contributed by atoms with Crippen LogP contribution in [0, 0.1) is 17.8 Å². The Morgan fingerprint density at radius 1 is 1.13 bits per heavy atom. The van der Waals surface area contributed by atoms with Crippen LogP contribution in [-0.2, 0) is 0 Å². The Balaban J connectivity index is 2.28. The highest BCUT2D eigenvalue weighted by molar-refractivity contribution is 5.27. The van der Waals surface area contributed by atoms with Crippen molar-refractivity contribution in [1.29, 1.82) is 0 Å². The Hall–Kier alpha value is -0.520. The SMILES string of the molecule is CC=CC1CCC2CCCC(C)C2=C1C. The fraction of sp³-hybridized carbons (Fsp3) is 0.733. The minimum atomic E-state index is 0.752. The summed E-state index contributed by atoms with van der Waals surface area (Å²) in [6.07, 6.45) is 11.8. The molecule has 2 aliphatic rings. The molecule has 0 nitrogen and oxygen atoms in total. The summed E-state index contributed by atoms with van der Waals surface area (Å²) in [5.74, 6) is 2.55. The summed E-state index contributed by atoms with van der Waals surface area (Å²) >= 11 is 0. The first-order valence-corrected chi connectivity index (χ1v) is 6.57. The third-order valence-electron chi connectivity index (χ3n) is 4.42. The summed E-state index contributed by atoms with van der Waals surface area (Å²) in [5.41, 5.74) is 3.53. The standard InChI is InChI=1S/C15H24/c1-4-6-13-9-10-14-8-5-7-11(2)15(14)12(13)3/h4,6,11,13-14H,5,7-10H2,1-3H3. The van der Waals surface area contributed by atoms with Crippen LogP contribution in [0.3, 0.4) is 0 Å². The van der Waals surface area contributed by atoms with Crippen molar-refractivity contribution in [3.8, 4) is 0 Å². The van der Waals surface area contributed by atoms with E-state index < -0.39 is 0 Å². The maximum absolute atomic E-state index is 2.43. The van der Waals surface area contributed by atoms with Gasteiger partial charge in [-0.3, -0.25) is 0 Å². The molecule has 1 fully saturated rings. The second-order valence-electron chi connectivity index (χ2n) is 5.38. The van der Waals surface area contributed by atoms with Crippen molar-refractivity contribution in [2.24, 2.45) is 17.8 Å². The van der Waals surface area contributed by atoms with E-state index in [1.54, 1.807) is 5.57 Å². The van der Waals surface area contributed by atoms with Crippen molar-refractivity contribution in [3.05, 3.63) is 23.3 Å². The minimum absolute atomic E-state index is 0.752. The molecule has 0 aliphatic heterocycles. The lowest BCUT2D eigenvalue weighted by Gasteiger charge is -2.38. The van der Waals surface area contributed by atoms with Crippen molar-refractivity contribution in [2.45, 2.75) is 52.9 Å². The average molecular weight is 204 g/mol. The minimum Gasteiger partial charge on any atom is -0.0911 e. The van der Waals surface area contributed by atoms with E-state index in [0.29, 0.717) is 0 Å². The van der Waals surface area contributed by atoms with E-state index in [0.717, 1.165) is 17.8 Å². The van der Waals surface area contributed by atoms with Gasteiger partial charge in [-0.25, -0.2) is 0 Å². The quantitative estimate of drug-likeness (QED) is 0.542. The molecule has 0 amide bonds. The average Bonchev–Trinajstić information content (AvgIpc) is 2.22. The van der Waals surface area contributed by atoms with E-state index >= 15 is 0 Å². The van der Waals surface area contributed by atoms with Gasteiger partial charge in [0.25, 0.3) is 0 Å². The van der Waals surface area contributed by atoms with Gasteiger partial charge in [-0.2, -0.15) is 0 Å². The Morgan fingerprint density at radius 2 is 1.93 bits per heavy atom. The van der Waals surface area contributed by atoms with Crippen molar-refractivity contribution >= 4 is 0 Å². The maximum Gasteiger partial charge on any atom is -0.00231 e. The first-order chi connectivity index (χ1) is 7.24. The zero-order valence-corrected chi connectivity index (χ0v) is 10.4. The second kappa shape index (κ2) is 4.55. The zero-order valence-electron chi connectivity index (χ0n) is 10.4. The Morgan fingerprint density at radius 3 is 2.67 bits per heavy atom. The van der Waals surface area contributed by atoms with Gasteiger partial charge in [0.05, 0.1) is 0 Å². The fourth-order valence-corrected chi connectivity index (χ4v) is 3.68. The second-order valence-corrected chi connectivity index (χ2v) is 5.38. The van der Waals surface area contributed by atoms with Crippen LogP contribution in [0.5, 0.6) is 0 Å². The summed E-state index contributed by atoms with van der Waals surface area (Å²) in [4.78, 5) is 0. The molecule has 0 saturated heterocycles. The topological polar surface area (TPSA) is 0 Å². The molecule has 84 valence electrons. The predicted octanol–water partition coefficient (Wildman–Crippen LogP) is 4.73. The third kappa shape index (κ3) is 2.04. The van der Waals surface area contributed by atoms with Crippen LogP contribution in [0.4, 0.5) is 0 Å². The maximum atomic E-state index is 2.43. The number of hydrogen-bond donors (Lipinski definition) is 0. The number of hydrogen-bond acceptors (Lipinski definition) is 0. The molecule has 0 N–H and O–H groups in total. The van der Waals surface area contributed by atoms with Crippen LogP contribution in [-0.4, -0.2) is 0 Å². The summed E-state index contributed by atoms with van der Waals surface area (Å²) in [7, 11) is 0. The Bertz CT molecular complexity index is 282. The van der Waals surface area contributed by atoms with Gasteiger partial charge in [0.15, 0.2) is 0 Å². The monoisotopic (exact) mass is 204 g/mol. The summed E-state index contributed by atoms with van der Waals surface area (Å²) < 4.78 is 0. The molecular formula is C15H24. The molecule has 0 radical (unpaired) electrons. The lowest BCUT2D eigenvalue weighted by atomic mass is 9.67. The summed E-state index contributed by atoms with van der Waals surface area (Å²) in [6, 6.07) is 0. The molecule has 15 heavy (non-hydrogen) atoms. The first kappa shape index (κ1) is 11.0. The lowest BCUT2D eigenvalue weighted by molar-refractivity contribution is 0.324. The summed E-state index contributed by atoms with van der Waals surface area (Å²) in [5, 5.41) is 0. The van der Waals surface area contributed by atoms with Gasteiger partial charge in [0.1, 0.15) is 0 Å². The van der Waals surface area contributed by atoms with Crippen molar-refractivity contribution in [3.63, 3.8) is 0 Å². The third-order valence-corrected chi connectivity index (χ3v) is 4.42. The molecule has 0 bridgehead atoms. The highest BCUT2D eigenvalue weighted by Gasteiger charge is 2.31. The van der Waals surface area contributed by atoms with Crippen LogP contribution in [0.15, 0.2) is 23.3 Å². The van der Waals surface area contributed by atoms with Crippen LogP contribution < -0.4 is 0 Å². The molecule has 2 rings (SSSR count). The highest BCUT2D eigenvalue weighted by Crippen LogP contribution is 2.45. The smallest absolute Gasteiger partial charge is 0.00231 e. The van der Waals surface area contributed by atoms with E-state index in [-0.39, 0.29) is 0 Å². The fourth-order valence-electron chi connectivity index (χ4n) is 3.68. The Kier molecular flexibility index (Phi) is 3.33. The van der Waals surface area contributed by atoms with Gasteiger partial charge >= 0.3 is 0 Å². The van der Waals surface area contributed by atoms with E-state index in [2.05, 4.69) is 32.9 Å². The van der Waals surface area contributed by atoms with Crippen LogP contribution >= 0.6 is 0 Å². The molecule has 1 saturated carbocycles. The molecule has 0 aromatic heterocycles. The van der Waals surface area contributed by atoms with Gasteiger partial charge in [0.2, 0.25) is 0 Å². The predicted molar refractivity (Wildman–Crippen MR) is 66.7 cm³/mol. The molecule has 0 heteroatoms. The van der Waals surface area contributed by atoms with Crippen molar-refractivity contribution < 1.29 is 0 Å². The van der Waals surface area contributed by atoms with Crippen LogP contribution in [0.1, 0.15) is 52.9 Å². The van der Waals surface area contributed by atoms with E-state index in [1.807, 2.05) is 5.57 Å². The van der Waals surface area contributed by atoms with Gasteiger partial charge in [-0.05, 0) is 57.3 Å². The number of fused-ring (bicyclic) bond motifs is 1. The van der Waals surface area contributed by atoms with Gasteiger partial charge in [-0.1, -0.05) is 36.6 Å². The Labute approximate surface area is 94.5 Å². The van der Waals surface area contributed by atoms with E-state index in [9.17, 15) is 0 Å². The highest BCUT2D eigenvalue weighted by atomic mass is 14.4. The van der Waals surface area contributed by atoms with E-state index in [1.165, 1.54) is 32.1 Å². The molecule has 3 atom stereocenters. The molecular weight excluding hydrogens is 180 g/mol. The van der Waals surface area contributed by atoms with Crippen LogP contribution in [0.2, 0.25) is 0 Å². The largest absolute Gasteiger partial charge is 0.0911 e. The van der Waals surface area contributed by atoms with Gasteiger partial charge < -0.3 is 0 Å². The van der Waals surface area contributed by atoms with Crippen molar-refractivity contribution in [1.82, 2.24) is 0 Å². The number of rotatable bonds is 1. The van der Waals surface area contributed by atoms with Gasteiger partial charge in [-0.15, -0.1) is 0 Å². The number of allylic oxidation sites excluding steroid dienone is 4. The normalized spacial score (nSPS) is 37.1. The summed E-state index contributed by atoms with van der Waals surface area (Å²) in [6.45, 7) is 6.96. The molecule has 2 aliphatic carbocycles. The molecule has 3 unspecified atom stereocenters. The van der Waals surface area contributed by atoms with Gasteiger partial charge in [0, 0.05) is 0 Å². The molecule has 0 heterocycles. The zero-order chi connectivity index (χ0) is 10.8. The molecule has 0 aromatic carbocycles. The first-order valence-electron chi connectivity index (χ1n) is 6.57. The van der Waals surface area contributed by atoms with Crippen LogP contribution in [0.25, 0.3) is 0 Å².